The van der Waals surface area contributed by atoms with Gasteiger partial charge in [-0.1, -0.05) is 13.8 Å². The van der Waals surface area contributed by atoms with Gasteiger partial charge < -0.3 is 15.5 Å². The molecular formula is C18H33N5S. The average Bonchev–Trinajstić information content (AvgIpc) is 3.05. The molecule has 1 aliphatic heterocycles. The summed E-state index contributed by atoms with van der Waals surface area (Å²) in [7, 11) is 1.83. The third kappa shape index (κ3) is 6.77. The van der Waals surface area contributed by atoms with E-state index in [4.69, 9.17) is 0 Å². The van der Waals surface area contributed by atoms with Crippen molar-refractivity contribution in [2.75, 3.05) is 39.8 Å². The first kappa shape index (κ1) is 19.2. The van der Waals surface area contributed by atoms with Crippen LogP contribution in [0.4, 0.5) is 0 Å². The zero-order valence-electron chi connectivity index (χ0n) is 15.5. The minimum absolute atomic E-state index is 0.861. The summed E-state index contributed by atoms with van der Waals surface area (Å²) in [6, 6.07) is 0. The van der Waals surface area contributed by atoms with Crippen molar-refractivity contribution in [3.8, 4) is 0 Å². The van der Waals surface area contributed by atoms with Crippen LogP contribution in [-0.2, 0) is 12.8 Å². The second kappa shape index (κ2) is 10.7. The molecule has 1 atom stereocenters. The van der Waals surface area contributed by atoms with Crippen molar-refractivity contribution in [3.05, 3.63) is 16.1 Å². The molecule has 0 bridgehead atoms. The Morgan fingerprint density at radius 3 is 2.96 bits per heavy atom. The Balaban J connectivity index is 1.56. The molecule has 2 heterocycles. The third-order valence-electron chi connectivity index (χ3n) is 4.49. The Labute approximate surface area is 151 Å². The SMILES string of the molecule is CCc1cnc(CCNC(=NC)NCCCN2CCCC(C)C2)s1. The molecule has 0 saturated carbocycles. The Morgan fingerprint density at radius 2 is 2.25 bits per heavy atom. The van der Waals surface area contributed by atoms with Gasteiger partial charge in [-0.2, -0.15) is 0 Å². The summed E-state index contributed by atoms with van der Waals surface area (Å²) in [5, 5.41) is 8.00. The van der Waals surface area contributed by atoms with E-state index >= 15 is 0 Å². The highest BCUT2D eigenvalue weighted by atomic mass is 32.1. The Bertz CT molecular complexity index is 499. The molecule has 24 heavy (non-hydrogen) atoms. The molecule has 0 radical (unpaired) electrons. The van der Waals surface area contributed by atoms with E-state index in [9.17, 15) is 0 Å². The van der Waals surface area contributed by atoms with Crippen LogP contribution < -0.4 is 10.6 Å². The first-order valence-corrected chi connectivity index (χ1v) is 10.1. The first-order valence-electron chi connectivity index (χ1n) is 9.31. The standard InChI is InChI=1S/C18H33N5S/c1-4-16-13-22-17(24-16)8-10-21-18(19-3)20-9-6-12-23-11-5-7-15(2)14-23/h13,15H,4-12,14H2,1-3H3,(H2,19,20,21). The number of nitrogens with zero attached hydrogens (tertiary/aromatic N) is 3. The molecule has 0 aromatic carbocycles. The topological polar surface area (TPSA) is 52.6 Å². The largest absolute Gasteiger partial charge is 0.356 e. The van der Waals surface area contributed by atoms with Crippen LogP contribution in [0, 0.1) is 5.92 Å². The minimum atomic E-state index is 0.861. The molecule has 6 heteroatoms. The highest BCUT2D eigenvalue weighted by Crippen LogP contribution is 2.15. The number of thiazole rings is 1. The van der Waals surface area contributed by atoms with Crippen molar-refractivity contribution in [3.63, 3.8) is 0 Å². The summed E-state index contributed by atoms with van der Waals surface area (Å²) >= 11 is 1.81. The molecule has 0 spiro atoms. The highest BCUT2D eigenvalue weighted by molar-refractivity contribution is 7.11. The van der Waals surface area contributed by atoms with Gasteiger partial charge in [-0.15, -0.1) is 11.3 Å². The van der Waals surface area contributed by atoms with Crippen molar-refractivity contribution in [2.24, 2.45) is 10.9 Å². The summed E-state index contributed by atoms with van der Waals surface area (Å²) in [5.74, 6) is 1.76. The Kier molecular flexibility index (Phi) is 8.53. The van der Waals surface area contributed by atoms with E-state index < -0.39 is 0 Å². The van der Waals surface area contributed by atoms with Gasteiger partial charge in [0.05, 0.1) is 5.01 Å². The highest BCUT2D eigenvalue weighted by Gasteiger charge is 2.15. The van der Waals surface area contributed by atoms with Crippen LogP contribution in [0.2, 0.25) is 0 Å². The van der Waals surface area contributed by atoms with E-state index in [0.717, 1.165) is 37.8 Å². The second-order valence-corrected chi connectivity index (χ2v) is 7.85. The van der Waals surface area contributed by atoms with Crippen LogP contribution in [0.15, 0.2) is 11.2 Å². The number of piperidine rings is 1. The zero-order chi connectivity index (χ0) is 17.2. The summed E-state index contributed by atoms with van der Waals surface area (Å²) in [4.78, 5) is 12.7. The first-order chi connectivity index (χ1) is 11.7. The van der Waals surface area contributed by atoms with Crippen LogP contribution in [-0.4, -0.2) is 55.6 Å². The Morgan fingerprint density at radius 1 is 1.42 bits per heavy atom. The number of nitrogens with one attached hydrogen (secondary N) is 2. The van der Waals surface area contributed by atoms with Crippen LogP contribution in [0.3, 0.4) is 0 Å². The van der Waals surface area contributed by atoms with Crippen LogP contribution in [0.1, 0.15) is 43.0 Å². The van der Waals surface area contributed by atoms with Gasteiger partial charge in [0, 0.05) is 44.2 Å². The lowest BCUT2D eigenvalue weighted by Crippen LogP contribution is -2.40. The fourth-order valence-corrected chi connectivity index (χ4v) is 4.00. The molecule has 1 saturated heterocycles. The van der Waals surface area contributed by atoms with Crippen molar-refractivity contribution >= 4 is 17.3 Å². The maximum Gasteiger partial charge on any atom is 0.190 e. The van der Waals surface area contributed by atoms with Crippen molar-refractivity contribution in [1.82, 2.24) is 20.5 Å². The number of likely N-dealkylation sites (tertiary alicyclic amines) is 1. The fourth-order valence-electron chi connectivity index (χ4n) is 3.13. The molecule has 136 valence electrons. The van der Waals surface area contributed by atoms with Gasteiger partial charge in [-0.25, -0.2) is 4.98 Å². The van der Waals surface area contributed by atoms with E-state index in [1.807, 2.05) is 24.6 Å². The lowest BCUT2D eigenvalue weighted by atomic mass is 10.0. The number of aliphatic imine (C=N–C) groups is 1. The molecular weight excluding hydrogens is 318 g/mol. The minimum Gasteiger partial charge on any atom is -0.356 e. The van der Waals surface area contributed by atoms with Gasteiger partial charge in [0.15, 0.2) is 5.96 Å². The van der Waals surface area contributed by atoms with Gasteiger partial charge >= 0.3 is 0 Å². The van der Waals surface area contributed by atoms with E-state index in [2.05, 4.69) is 39.4 Å². The number of guanidine groups is 1. The molecule has 1 fully saturated rings. The van der Waals surface area contributed by atoms with Crippen molar-refractivity contribution in [2.45, 2.75) is 46.0 Å². The summed E-state index contributed by atoms with van der Waals surface area (Å²) in [5.41, 5.74) is 0. The molecule has 5 nitrogen and oxygen atoms in total. The maximum atomic E-state index is 4.46. The zero-order valence-corrected chi connectivity index (χ0v) is 16.3. The number of aromatic nitrogens is 1. The van der Waals surface area contributed by atoms with Gasteiger partial charge in [0.2, 0.25) is 0 Å². The van der Waals surface area contributed by atoms with Gasteiger partial charge in [0.25, 0.3) is 0 Å². The molecule has 1 aromatic rings. The van der Waals surface area contributed by atoms with Crippen LogP contribution in [0.25, 0.3) is 0 Å². The van der Waals surface area contributed by atoms with Crippen LogP contribution in [0.5, 0.6) is 0 Å². The maximum absolute atomic E-state index is 4.46. The molecule has 2 rings (SSSR count). The molecule has 2 N–H and O–H groups in total. The van der Waals surface area contributed by atoms with Gasteiger partial charge in [-0.05, 0) is 44.7 Å². The average molecular weight is 352 g/mol. The lowest BCUT2D eigenvalue weighted by Gasteiger charge is -2.30. The second-order valence-electron chi connectivity index (χ2n) is 6.65. The molecule has 1 aliphatic rings. The van der Waals surface area contributed by atoms with E-state index in [1.54, 1.807) is 0 Å². The van der Waals surface area contributed by atoms with E-state index in [1.165, 1.54) is 48.8 Å². The predicted octanol–water partition coefficient (Wildman–Crippen LogP) is 2.54. The quantitative estimate of drug-likeness (QED) is 0.429. The van der Waals surface area contributed by atoms with Gasteiger partial charge in [0.1, 0.15) is 0 Å². The molecule has 1 unspecified atom stereocenters. The van der Waals surface area contributed by atoms with E-state index in [-0.39, 0.29) is 0 Å². The monoisotopic (exact) mass is 351 g/mol. The number of aryl methyl sites for hydroxylation is 1. The summed E-state index contributed by atoms with van der Waals surface area (Å²) < 4.78 is 0. The fraction of sp³-hybridized carbons (Fsp3) is 0.778. The van der Waals surface area contributed by atoms with Crippen molar-refractivity contribution < 1.29 is 0 Å². The number of hydrogen-bond donors (Lipinski definition) is 2. The molecule has 0 amide bonds. The summed E-state index contributed by atoms with van der Waals surface area (Å²) in [6.45, 7) is 10.1. The van der Waals surface area contributed by atoms with Gasteiger partial charge in [-0.3, -0.25) is 4.99 Å². The smallest absolute Gasteiger partial charge is 0.190 e. The Hall–Kier alpha value is -1.14. The predicted molar refractivity (Wildman–Crippen MR) is 104 cm³/mol. The third-order valence-corrected chi connectivity index (χ3v) is 5.69. The lowest BCUT2D eigenvalue weighted by molar-refractivity contribution is 0.182. The van der Waals surface area contributed by atoms with E-state index in [0.29, 0.717) is 0 Å². The number of hydrogen-bond acceptors (Lipinski definition) is 4. The van der Waals surface area contributed by atoms with Crippen molar-refractivity contribution in [1.29, 1.82) is 0 Å². The molecule has 1 aromatic heterocycles. The summed E-state index contributed by atoms with van der Waals surface area (Å²) in [6.07, 6.45) is 7.94. The number of rotatable bonds is 8. The molecule has 0 aliphatic carbocycles. The normalized spacial score (nSPS) is 19.5. The van der Waals surface area contributed by atoms with Crippen LogP contribution >= 0.6 is 11.3 Å².